The zero-order chi connectivity index (χ0) is 13.1. The lowest BCUT2D eigenvalue weighted by molar-refractivity contribution is 0.579. The van der Waals surface area contributed by atoms with Crippen molar-refractivity contribution >= 4 is 23.4 Å². The molecule has 1 aromatic carbocycles. The number of hydrogen-bond donors (Lipinski definition) is 0. The Morgan fingerprint density at radius 2 is 1.89 bits per heavy atom. The first-order chi connectivity index (χ1) is 8.54. The molecule has 0 saturated heterocycles. The van der Waals surface area contributed by atoms with Crippen LogP contribution in [0.5, 0.6) is 0 Å². The number of benzene rings is 1. The summed E-state index contributed by atoms with van der Waals surface area (Å²) in [7, 11) is 0. The van der Waals surface area contributed by atoms with Gasteiger partial charge in [-0.3, -0.25) is 0 Å². The summed E-state index contributed by atoms with van der Waals surface area (Å²) in [5.74, 6) is 0.223. The lowest BCUT2D eigenvalue weighted by Crippen LogP contribution is -1.92. The van der Waals surface area contributed by atoms with Crippen LogP contribution in [0.15, 0.2) is 29.4 Å². The number of nitrogens with zero attached hydrogens (tertiary/aromatic N) is 2. The molecule has 0 bridgehead atoms. The molecule has 0 radical (unpaired) electrons. The van der Waals surface area contributed by atoms with Gasteiger partial charge in [-0.15, -0.1) is 0 Å². The lowest BCUT2D eigenvalue weighted by Gasteiger charge is -2.05. The van der Waals surface area contributed by atoms with E-state index in [1.165, 1.54) is 22.9 Å². The molecule has 1 heterocycles. The van der Waals surface area contributed by atoms with Crippen molar-refractivity contribution in [2.45, 2.75) is 24.6 Å². The van der Waals surface area contributed by atoms with Crippen molar-refractivity contribution in [2.24, 2.45) is 0 Å². The Hall–Kier alpha value is -1.13. The summed E-state index contributed by atoms with van der Waals surface area (Å²) in [4.78, 5) is 7.46. The van der Waals surface area contributed by atoms with Crippen LogP contribution in [0.4, 0.5) is 4.39 Å². The third kappa shape index (κ3) is 3.43. The summed E-state index contributed by atoms with van der Waals surface area (Å²) in [6, 6.07) is 6.28. The van der Waals surface area contributed by atoms with E-state index in [1.807, 2.05) is 13.8 Å². The average Bonchev–Trinajstić information content (AvgIpc) is 2.29. The topological polar surface area (TPSA) is 25.8 Å². The van der Waals surface area contributed by atoms with Gasteiger partial charge in [0, 0.05) is 5.75 Å². The van der Waals surface area contributed by atoms with E-state index in [-0.39, 0.29) is 10.3 Å². The van der Waals surface area contributed by atoms with Crippen LogP contribution in [-0.4, -0.2) is 9.97 Å². The fourth-order valence-corrected chi connectivity index (χ4v) is 2.73. The van der Waals surface area contributed by atoms with E-state index < -0.39 is 5.82 Å². The second-order valence-electron chi connectivity index (χ2n) is 4.08. The Kier molecular flexibility index (Phi) is 4.19. The molecule has 18 heavy (non-hydrogen) atoms. The Labute approximate surface area is 115 Å². The van der Waals surface area contributed by atoms with Crippen LogP contribution in [0, 0.1) is 19.7 Å². The molecule has 0 atom stereocenters. The molecule has 2 nitrogen and oxygen atoms in total. The molecule has 5 heteroatoms. The molecule has 2 rings (SSSR count). The SMILES string of the molecule is Cc1cc(C)cc(CSc2nc(Cl)ncc2F)c1. The predicted octanol–water partition coefficient (Wildman–Crippen LogP) is 4.18. The second-order valence-corrected chi connectivity index (χ2v) is 5.38. The third-order valence-corrected chi connectivity index (χ3v) is 3.56. The van der Waals surface area contributed by atoms with Gasteiger partial charge in [-0.2, -0.15) is 0 Å². The molecule has 0 spiro atoms. The molecule has 0 aliphatic rings. The molecule has 0 aliphatic heterocycles. The van der Waals surface area contributed by atoms with Crippen molar-refractivity contribution in [1.82, 2.24) is 9.97 Å². The van der Waals surface area contributed by atoms with E-state index in [9.17, 15) is 4.39 Å². The number of hydrogen-bond acceptors (Lipinski definition) is 3. The van der Waals surface area contributed by atoms with Crippen LogP contribution in [0.3, 0.4) is 0 Å². The minimum absolute atomic E-state index is 0.0688. The predicted molar refractivity (Wildman–Crippen MR) is 72.5 cm³/mol. The summed E-state index contributed by atoms with van der Waals surface area (Å²) in [5.41, 5.74) is 3.55. The zero-order valence-corrected chi connectivity index (χ0v) is 11.6. The van der Waals surface area contributed by atoms with Gasteiger partial charge >= 0.3 is 0 Å². The molecule has 0 saturated carbocycles. The van der Waals surface area contributed by atoms with E-state index >= 15 is 0 Å². The summed E-state index contributed by atoms with van der Waals surface area (Å²) in [5, 5.41) is 0.355. The molecule has 1 aromatic heterocycles. The van der Waals surface area contributed by atoms with Gasteiger partial charge in [-0.25, -0.2) is 14.4 Å². The van der Waals surface area contributed by atoms with Gasteiger partial charge in [0.1, 0.15) is 5.03 Å². The normalized spacial score (nSPS) is 10.7. The van der Waals surface area contributed by atoms with Gasteiger partial charge in [-0.1, -0.05) is 41.1 Å². The van der Waals surface area contributed by atoms with Gasteiger partial charge in [-0.05, 0) is 31.0 Å². The van der Waals surface area contributed by atoms with Crippen LogP contribution < -0.4 is 0 Å². The number of thioether (sulfide) groups is 1. The van der Waals surface area contributed by atoms with Crippen molar-refractivity contribution < 1.29 is 4.39 Å². The van der Waals surface area contributed by atoms with Gasteiger partial charge < -0.3 is 0 Å². The molecule has 0 unspecified atom stereocenters. The Bertz CT molecular complexity index is 555. The van der Waals surface area contributed by atoms with Crippen molar-refractivity contribution in [1.29, 1.82) is 0 Å². The molecule has 0 fully saturated rings. The number of halogens is 2. The largest absolute Gasteiger partial charge is 0.223 e. The summed E-state index contributed by atoms with van der Waals surface area (Å²) < 4.78 is 13.4. The fraction of sp³-hybridized carbons (Fsp3) is 0.231. The van der Waals surface area contributed by atoms with Gasteiger partial charge in [0.2, 0.25) is 5.28 Å². The van der Waals surface area contributed by atoms with Crippen LogP contribution in [0.25, 0.3) is 0 Å². The monoisotopic (exact) mass is 282 g/mol. The van der Waals surface area contributed by atoms with Crippen molar-refractivity contribution in [3.05, 3.63) is 52.2 Å². The van der Waals surface area contributed by atoms with Gasteiger partial charge in [0.15, 0.2) is 5.82 Å². The fourth-order valence-electron chi connectivity index (χ4n) is 1.74. The van der Waals surface area contributed by atoms with E-state index in [0.29, 0.717) is 5.75 Å². The zero-order valence-electron chi connectivity index (χ0n) is 10.1. The van der Waals surface area contributed by atoms with Gasteiger partial charge in [0.05, 0.1) is 6.20 Å². The highest BCUT2D eigenvalue weighted by Gasteiger charge is 2.07. The summed E-state index contributed by atoms with van der Waals surface area (Å²) in [6.45, 7) is 4.09. The molecule has 0 N–H and O–H groups in total. The Balaban J connectivity index is 2.13. The minimum Gasteiger partial charge on any atom is -0.223 e. The molecular weight excluding hydrogens is 271 g/mol. The first-order valence-electron chi connectivity index (χ1n) is 5.42. The smallest absolute Gasteiger partial charge is 0.223 e. The van der Waals surface area contributed by atoms with Crippen molar-refractivity contribution in [3.63, 3.8) is 0 Å². The highest BCUT2D eigenvalue weighted by Crippen LogP contribution is 2.25. The van der Waals surface area contributed by atoms with E-state index in [1.54, 1.807) is 0 Å². The van der Waals surface area contributed by atoms with E-state index in [2.05, 4.69) is 28.2 Å². The molecular formula is C13H12ClFN2S. The number of aromatic nitrogens is 2. The second kappa shape index (κ2) is 5.67. The molecule has 0 aliphatic carbocycles. The first-order valence-corrected chi connectivity index (χ1v) is 6.79. The Morgan fingerprint density at radius 1 is 1.22 bits per heavy atom. The minimum atomic E-state index is -0.436. The Morgan fingerprint density at radius 3 is 2.56 bits per heavy atom. The first kappa shape index (κ1) is 13.3. The lowest BCUT2D eigenvalue weighted by atomic mass is 10.1. The van der Waals surface area contributed by atoms with Gasteiger partial charge in [0.25, 0.3) is 0 Å². The maximum atomic E-state index is 13.4. The number of rotatable bonds is 3. The highest BCUT2D eigenvalue weighted by atomic mass is 35.5. The van der Waals surface area contributed by atoms with Crippen molar-refractivity contribution in [2.75, 3.05) is 0 Å². The van der Waals surface area contributed by atoms with Crippen LogP contribution in [0.2, 0.25) is 5.28 Å². The van der Waals surface area contributed by atoms with Crippen LogP contribution >= 0.6 is 23.4 Å². The van der Waals surface area contributed by atoms with Crippen molar-refractivity contribution in [3.8, 4) is 0 Å². The van der Waals surface area contributed by atoms with Crippen LogP contribution in [-0.2, 0) is 5.75 Å². The molecule has 0 amide bonds. The number of aryl methyl sites for hydroxylation is 2. The van der Waals surface area contributed by atoms with E-state index in [0.717, 1.165) is 11.8 Å². The maximum absolute atomic E-state index is 13.4. The standard InChI is InChI=1S/C13H12ClFN2S/c1-8-3-9(2)5-10(4-8)7-18-12-11(15)6-16-13(14)17-12/h3-6H,7H2,1-2H3. The average molecular weight is 283 g/mol. The molecule has 2 aromatic rings. The highest BCUT2D eigenvalue weighted by molar-refractivity contribution is 7.98. The summed E-state index contributed by atoms with van der Waals surface area (Å²) in [6.07, 6.45) is 1.10. The third-order valence-electron chi connectivity index (χ3n) is 2.34. The molecule has 94 valence electrons. The maximum Gasteiger partial charge on any atom is 0.223 e. The summed E-state index contributed by atoms with van der Waals surface area (Å²) >= 11 is 6.97. The van der Waals surface area contributed by atoms with E-state index in [4.69, 9.17) is 11.6 Å². The quantitative estimate of drug-likeness (QED) is 0.480. The van der Waals surface area contributed by atoms with Crippen LogP contribution in [0.1, 0.15) is 16.7 Å².